The number of ether oxygens (including phenoxy) is 4. The number of benzene rings is 2. The summed E-state index contributed by atoms with van der Waals surface area (Å²) in [6, 6.07) is 0.764. The Bertz CT molecular complexity index is 2470. The minimum atomic E-state index is -5.02. The maximum Gasteiger partial charge on any atom is 0.416 e. The van der Waals surface area contributed by atoms with E-state index in [1.165, 1.54) is 9.80 Å². The fourth-order valence-corrected chi connectivity index (χ4v) is 7.74. The van der Waals surface area contributed by atoms with Crippen LogP contribution in [0.1, 0.15) is 104 Å². The van der Waals surface area contributed by atoms with Crippen molar-refractivity contribution in [3.05, 3.63) is 47.2 Å². The lowest BCUT2D eigenvalue weighted by molar-refractivity contribution is -0.138. The maximum atomic E-state index is 14.5. The number of halogens is 6. The quantitative estimate of drug-likeness (QED) is 0.0537. The van der Waals surface area contributed by atoms with Gasteiger partial charge in [0.15, 0.2) is 17.5 Å². The molecule has 2 fully saturated rings. The van der Waals surface area contributed by atoms with Crippen molar-refractivity contribution >= 4 is 64.9 Å². The van der Waals surface area contributed by atoms with E-state index in [0.717, 1.165) is 12.4 Å². The van der Waals surface area contributed by atoms with Gasteiger partial charge in [0.1, 0.15) is 29.1 Å². The summed E-state index contributed by atoms with van der Waals surface area (Å²) < 4.78 is 111. The van der Waals surface area contributed by atoms with E-state index in [0.29, 0.717) is 56.5 Å². The Balaban J connectivity index is 1.48. The molecule has 3 atom stereocenters. The Kier molecular flexibility index (Phi) is 19.8. The van der Waals surface area contributed by atoms with Gasteiger partial charge in [-0.1, -0.05) is 0 Å². The van der Waals surface area contributed by atoms with Crippen LogP contribution in [0, 0.1) is 0 Å². The van der Waals surface area contributed by atoms with E-state index in [2.05, 4.69) is 36.9 Å². The molecule has 3 unspecified atom stereocenters. The van der Waals surface area contributed by atoms with Crippen molar-refractivity contribution in [1.82, 2.24) is 20.4 Å². The van der Waals surface area contributed by atoms with E-state index in [1.54, 1.807) is 48.6 Å². The highest BCUT2D eigenvalue weighted by molar-refractivity contribution is 6.09. The first-order chi connectivity index (χ1) is 35.0. The fourth-order valence-electron chi connectivity index (χ4n) is 7.74. The average molecular weight is 1070 g/mol. The Morgan fingerprint density at radius 2 is 1.11 bits per heavy atom. The predicted octanol–water partition coefficient (Wildman–Crippen LogP) is 7.36. The predicted molar refractivity (Wildman–Crippen MR) is 265 cm³/mol. The van der Waals surface area contributed by atoms with Crippen LogP contribution in [0.25, 0.3) is 0 Å². The zero-order valence-corrected chi connectivity index (χ0v) is 42.9. The lowest BCUT2D eigenvalue weighted by atomic mass is 10.1. The van der Waals surface area contributed by atoms with Crippen molar-refractivity contribution in [2.24, 2.45) is 10.7 Å². The Morgan fingerprint density at radius 3 is 1.53 bits per heavy atom. The first-order valence-electron chi connectivity index (χ1n) is 24.4. The number of hydrogen-bond donors (Lipinski definition) is 7. The van der Waals surface area contributed by atoms with Gasteiger partial charge in [0.2, 0.25) is 11.8 Å². The molecule has 20 nitrogen and oxygen atoms in total. The van der Waals surface area contributed by atoms with Crippen LogP contribution in [0.15, 0.2) is 41.0 Å². The van der Waals surface area contributed by atoms with Crippen molar-refractivity contribution in [3.8, 4) is 11.5 Å². The first-order valence-corrected chi connectivity index (χ1v) is 24.4. The molecule has 0 radical (unpaired) electrons. The second-order valence-corrected chi connectivity index (χ2v) is 20.0. The Labute approximate surface area is 430 Å². The van der Waals surface area contributed by atoms with E-state index < -0.39 is 123 Å². The van der Waals surface area contributed by atoms with Gasteiger partial charge in [-0.15, -0.1) is 0 Å². The van der Waals surface area contributed by atoms with Crippen LogP contribution in [0.4, 0.5) is 58.7 Å². The lowest BCUT2D eigenvalue weighted by Crippen LogP contribution is -2.36. The van der Waals surface area contributed by atoms with Crippen molar-refractivity contribution in [2.45, 2.75) is 135 Å². The maximum absolute atomic E-state index is 14.5. The van der Waals surface area contributed by atoms with Crippen molar-refractivity contribution in [2.75, 3.05) is 67.6 Å². The highest BCUT2D eigenvalue weighted by Crippen LogP contribution is 2.44. The number of aliphatic imine (C=N–C) groups is 1. The summed E-state index contributed by atoms with van der Waals surface area (Å²) in [4.78, 5) is 86.9. The van der Waals surface area contributed by atoms with Gasteiger partial charge >= 0.3 is 24.5 Å². The summed E-state index contributed by atoms with van der Waals surface area (Å²) in [6.45, 7) is 11.0. The number of carbonyl (C=O) groups is 6. The summed E-state index contributed by atoms with van der Waals surface area (Å²) in [6.07, 6.45) is -9.42. The smallest absolute Gasteiger partial charge is 0.416 e. The number of anilines is 4. The van der Waals surface area contributed by atoms with E-state index in [4.69, 9.17) is 24.7 Å². The van der Waals surface area contributed by atoms with Gasteiger partial charge in [0.05, 0.1) is 53.3 Å². The van der Waals surface area contributed by atoms with Crippen LogP contribution < -0.4 is 47.1 Å². The molecule has 0 spiro atoms. The van der Waals surface area contributed by atoms with Crippen LogP contribution in [0.5, 0.6) is 11.5 Å². The molecule has 26 heteroatoms. The third kappa shape index (κ3) is 17.9. The van der Waals surface area contributed by atoms with Crippen LogP contribution in [0.2, 0.25) is 0 Å². The Hall–Kier alpha value is -6.83. The normalized spacial score (nSPS) is 17.9. The lowest BCUT2D eigenvalue weighted by Gasteiger charge is -2.25. The number of nitrogens with two attached hydrogens (primary N) is 1. The summed E-state index contributed by atoms with van der Waals surface area (Å²) >= 11 is 0. The molecule has 2 saturated heterocycles. The summed E-state index contributed by atoms with van der Waals surface area (Å²) in [7, 11) is 1.72. The molecule has 8 N–H and O–H groups in total. The molecular formula is C49H66F6N10O10. The van der Waals surface area contributed by atoms with E-state index in [-0.39, 0.29) is 64.2 Å². The summed E-state index contributed by atoms with van der Waals surface area (Å²) in [5.74, 6) is -4.40. The molecule has 3 heterocycles. The molecule has 2 aromatic rings. The molecule has 3 aliphatic rings. The topological polar surface area (TPSA) is 256 Å². The standard InChI is InChI=1S/C49H66F6N10O10/c1-46(2,3)74-44(70)64-18-14-30(25-64)72-40-32(60-38(66)12-8-10-16-56)20-28(48(50,51)52)22-34(40)62-42(68)36-24-37(59-27-58-36)43(69)63-35-23-29(49(53,54)55)21-33(61-39(67)13-9-11-17-57-7)41(35)73-31-15-19-65(26-31)45(71)75-47(4,5)6/h20-24,27,30-31,36,57H,8-19,25-26,56H2,1-7H3,(H,58,59)(H,60,66)(H,61,67)(H,62,68)(H,63,69). The highest BCUT2D eigenvalue weighted by Gasteiger charge is 2.39. The Morgan fingerprint density at radius 1 is 0.667 bits per heavy atom. The molecular weight excluding hydrogens is 1000 g/mol. The van der Waals surface area contributed by atoms with Crippen molar-refractivity contribution in [3.63, 3.8) is 0 Å². The molecule has 0 aliphatic carbocycles. The summed E-state index contributed by atoms with van der Waals surface area (Å²) in [5, 5.41) is 15.1. The molecule has 414 valence electrons. The van der Waals surface area contributed by atoms with Crippen LogP contribution in [-0.4, -0.2) is 128 Å². The van der Waals surface area contributed by atoms with Gasteiger partial charge in [-0.2, -0.15) is 26.3 Å². The molecule has 3 aliphatic heterocycles. The third-order valence-corrected chi connectivity index (χ3v) is 11.3. The zero-order valence-electron chi connectivity index (χ0n) is 42.9. The summed E-state index contributed by atoms with van der Waals surface area (Å²) in [5.41, 5.74) is -1.23. The van der Waals surface area contributed by atoms with E-state index in [1.807, 2.05) is 0 Å². The number of likely N-dealkylation sites (tertiary alicyclic amines) is 2. The minimum Gasteiger partial charge on any atom is -0.484 e. The number of rotatable bonds is 19. The van der Waals surface area contributed by atoms with Gasteiger partial charge < -0.3 is 66.4 Å². The number of amides is 6. The monoisotopic (exact) mass is 1070 g/mol. The molecule has 5 rings (SSSR count). The number of alkyl halides is 6. The van der Waals surface area contributed by atoms with Crippen LogP contribution in [-0.2, 0) is 41.0 Å². The van der Waals surface area contributed by atoms with Gasteiger partial charge in [0.25, 0.3) is 11.8 Å². The number of carbonyl (C=O) groups excluding carboxylic acids is 6. The number of unbranched alkanes of at least 4 members (excludes halogenated alkanes) is 2. The van der Waals surface area contributed by atoms with Gasteiger partial charge in [0, 0.05) is 38.8 Å². The largest absolute Gasteiger partial charge is 0.484 e. The zero-order chi connectivity index (χ0) is 55.5. The molecule has 0 aromatic heterocycles. The average Bonchev–Trinajstić information content (AvgIpc) is 3.99. The van der Waals surface area contributed by atoms with Gasteiger partial charge in [-0.05, 0) is 118 Å². The van der Waals surface area contributed by atoms with Crippen LogP contribution in [0.3, 0.4) is 0 Å². The molecule has 0 bridgehead atoms. The number of nitrogens with one attached hydrogen (secondary N) is 6. The SMILES string of the molecule is CNCCCCC(=O)Nc1cc(C(F)(F)F)cc(NC(=O)C2=CC(C(=O)Nc3cc(C(F)(F)F)cc(NC(=O)CCCCN)c3OC3CCN(C(=O)OC(C)(C)C)C3)N=CN2)c1OC1CCN(C(=O)OC(C)(C)C)C1. The second kappa shape index (κ2) is 25.1. The third-order valence-electron chi connectivity index (χ3n) is 11.3. The van der Waals surface area contributed by atoms with Gasteiger partial charge in [-0.25, -0.2) is 9.59 Å². The van der Waals surface area contributed by atoms with E-state index in [9.17, 15) is 55.1 Å². The van der Waals surface area contributed by atoms with Crippen molar-refractivity contribution < 1.29 is 74.1 Å². The first kappa shape index (κ1) is 59.1. The second-order valence-electron chi connectivity index (χ2n) is 20.0. The molecule has 0 saturated carbocycles. The number of nitrogens with zero attached hydrogens (tertiary/aromatic N) is 3. The van der Waals surface area contributed by atoms with Crippen molar-refractivity contribution in [1.29, 1.82) is 0 Å². The highest BCUT2D eigenvalue weighted by atomic mass is 19.4. The molecule has 75 heavy (non-hydrogen) atoms. The number of hydrogen-bond acceptors (Lipinski definition) is 14. The fraction of sp³-hybridized carbons (Fsp3) is 0.571. The van der Waals surface area contributed by atoms with Crippen LogP contribution >= 0.6 is 0 Å². The molecule has 2 aromatic carbocycles. The van der Waals surface area contributed by atoms with E-state index >= 15 is 0 Å². The van der Waals surface area contributed by atoms with Gasteiger partial charge in [-0.3, -0.25) is 24.2 Å². The minimum absolute atomic E-state index is 0.0762. The molecule has 6 amide bonds.